The molecule has 1 aliphatic rings. The Morgan fingerprint density at radius 2 is 1.20 bits per heavy atom. The van der Waals surface area contributed by atoms with Gasteiger partial charge in [-0.1, -0.05) is 109 Å². The van der Waals surface area contributed by atoms with Gasteiger partial charge in [-0.15, -0.1) is 0 Å². The number of halogens is 2. The van der Waals surface area contributed by atoms with Crippen LogP contribution in [0.3, 0.4) is 0 Å². The lowest BCUT2D eigenvalue weighted by atomic mass is 9.80. The minimum absolute atomic E-state index is 0.0670. The number of benzene rings is 2. The molecule has 0 saturated heterocycles. The van der Waals surface area contributed by atoms with Gasteiger partial charge in [0.25, 0.3) is 0 Å². The Hall–Kier alpha value is -2.43. The predicted molar refractivity (Wildman–Crippen MR) is 164 cm³/mol. The van der Waals surface area contributed by atoms with Crippen LogP contribution in [0.5, 0.6) is 11.5 Å². The van der Waals surface area contributed by atoms with Gasteiger partial charge in [-0.3, -0.25) is 4.79 Å². The molecule has 3 nitrogen and oxygen atoms in total. The fourth-order valence-corrected chi connectivity index (χ4v) is 5.89. The molecule has 3 rings (SSSR count). The maximum atomic E-state index is 14.9. The lowest BCUT2D eigenvalue weighted by Gasteiger charge is -2.27. The molecule has 0 aromatic heterocycles. The first kappa shape index (κ1) is 33.1. The van der Waals surface area contributed by atoms with Gasteiger partial charge in [0, 0.05) is 0 Å². The van der Waals surface area contributed by atoms with E-state index in [0.29, 0.717) is 23.7 Å². The van der Waals surface area contributed by atoms with E-state index in [4.69, 9.17) is 9.47 Å². The Kier molecular flexibility index (Phi) is 15.2. The van der Waals surface area contributed by atoms with Crippen molar-refractivity contribution in [3.05, 3.63) is 48.0 Å². The fourth-order valence-electron chi connectivity index (χ4n) is 5.89. The summed E-state index contributed by atoms with van der Waals surface area (Å²) in [5.41, 5.74) is 1.07. The van der Waals surface area contributed by atoms with Gasteiger partial charge in [0.1, 0.15) is 0 Å². The van der Waals surface area contributed by atoms with E-state index in [1.807, 2.05) is 0 Å². The summed E-state index contributed by atoms with van der Waals surface area (Å²) in [6, 6.07) is 9.13. The molecule has 1 fully saturated rings. The van der Waals surface area contributed by atoms with Gasteiger partial charge in [-0.25, -0.2) is 8.78 Å². The lowest BCUT2D eigenvalue weighted by molar-refractivity contribution is -0.140. The maximum Gasteiger partial charge on any atom is 0.314 e. The Labute approximate surface area is 247 Å². The molecule has 41 heavy (non-hydrogen) atoms. The van der Waals surface area contributed by atoms with Crippen LogP contribution in [0.15, 0.2) is 36.4 Å². The van der Waals surface area contributed by atoms with Crippen molar-refractivity contribution in [3.63, 3.8) is 0 Å². The molecule has 1 aliphatic carbocycles. The van der Waals surface area contributed by atoms with E-state index in [2.05, 4.69) is 13.8 Å². The number of carbonyl (C=O) groups is 1. The van der Waals surface area contributed by atoms with Gasteiger partial charge in [0.05, 0.1) is 12.5 Å². The monoisotopic (exact) mass is 570 g/mol. The summed E-state index contributed by atoms with van der Waals surface area (Å²) in [7, 11) is 0. The number of hydrogen-bond donors (Lipinski definition) is 0. The van der Waals surface area contributed by atoms with Crippen LogP contribution in [-0.2, 0) is 4.79 Å². The lowest BCUT2D eigenvalue weighted by Crippen LogP contribution is -2.26. The van der Waals surface area contributed by atoms with Crippen LogP contribution in [0.1, 0.15) is 129 Å². The van der Waals surface area contributed by atoms with Gasteiger partial charge in [-0.05, 0) is 73.4 Å². The van der Waals surface area contributed by atoms with Crippen LogP contribution < -0.4 is 9.47 Å². The molecule has 5 heteroatoms. The highest BCUT2D eigenvalue weighted by Gasteiger charge is 2.28. The Morgan fingerprint density at radius 1 is 0.683 bits per heavy atom. The molecular formula is C36H52F2O3. The summed E-state index contributed by atoms with van der Waals surface area (Å²) in [6.45, 7) is 4.94. The minimum atomic E-state index is -0.618. The quantitative estimate of drug-likeness (QED) is 0.0957. The molecule has 0 N–H and O–H groups in total. The number of unbranched alkanes of at least 4 members (excludes halogenated alkanes) is 11. The molecule has 0 aliphatic heterocycles. The standard InChI is InChI=1S/C36H52F2O3/c1-3-5-7-9-10-11-13-15-25-40-34-23-21-30(26-32(34)37)31-22-24-35(33(38)27-31)41-36(39)29-19-17-28(18-20-29)16-14-12-8-6-4-2/h21-24,26-29H,3-20,25H2,1-2H3. The topological polar surface area (TPSA) is 35.5 Å². The summed E-state index contributed by atoms with van der Waals surface area (Å²) in [5.74, 6) is -0.753. The van der Waals surface area contributed by atoms with E-state index < -0.39 is 11.6 Å². The molecule has 2 aromatic carbocycles. The number of esters is 1. The highest BCUT2D eigenvalue weighted by Crippen LogP contribution is 2.34. The van der Waals surface area contributed by atoms with Gasteiger partial charge < -0.3 is 9.47 Å². The third-order valence-electron chi connectivity index (χ3n) is 8.56. The Balaban J connectivity index is 1.41. The van der Waals surface area contributed by atoms with Crippen molar-refractivity contribution in [3.8, 4) is 22.6 Å². The third kappa shape index (κ3) is 11.8. The highest BCUT2D eigenvalue weighted by atomic mass is 19.1. The SMILES string of the molecule is CCCCCCCCCCOc1ccc(-c2ccc(OC(=O)C3CCC(CCCCCCC)CC3)c(F)c2)cc1F. The Morgan fingerprint density at radius 3 is 1.76 bits per heavy atom. The van der Waals surface area contributed by atoms with Crippen molar-refractivity contribution in [1.82, 2.24) is 0 Å². The molecule has 0 atom stereocenters. The predicted octanol–water partition coefficient (Wildman–Crippen LogP) is 11.2. The fraction of sp³-hybridized carbons (Fsp3) is 0.639. The zero-order valence-electron chi connectivity index (χ0n) is 25.5. The molecule has 0 heterocycles. The first-order chi connectivity index (χ1) is 20.0. The number of ether oxygens (including phenoxy) is 2. The van der Waals surface area contributed by atoms with Crippen LogP contribution in [-0.4, -0.2) is 12.6 Å². The van der Waals surface area contributed by atoms with Crippen molar-refractivity contribution in [2.75, 3.05) is 6.61 Å². The first-order valence-electron chi connectivity index (χ1n) is 16.5. The van der Waals surface area contributed by atoms with Gasteiger partial charge in [-0.2, -0.15) is 0 Å². The van der Waals surface area contributed by atoms with E-state index in [1.54, 1.807) is 18.2 Å². The normalized spacial score (nSPS) is 17.0. The van der Waals surface area contributed by atoms with Crippen LogP contribution in [0.25, 0.3) is 11.1 Å². The van der Waals surface area contributed by atoms with Gasteiger partial charge >= 0.3 is 5.97 Å². The molecule has 228 valence electrons. The van der Waals surface area contributed by atoms with E-state index in [0.717, 1.165) is 38.5 Å². The molecule has 0 amide bonds. The Bertz CT molecular complexity index is 1030. The molecular weight excluding hydrogens is 518 g/mol. The van der Waals surface area contributed by atoms with E-state index in [1.165, 1.54) is 95.2 Å². The van der Waals surface area contributed by atoms with Crippen molar-refractivity contribution in [2.45, 2.75) is 129 Å². The summed E-state index contributed by atoms with van der Waals surface area (Å²) in [6.07, 6.45) is 21.0. The molecule has 0 bridgehead atoms. The maximum absolute atomic E-state index is 14.9. The third-order valence-corrected chi connectivity index (χ3v) is 8.56. The van der Waals surface area contributed by atoms with Crippen LogP contribution in [0.2, 0.25) is 0 Å². The van der Waals surface area contributed by atoms with Gasteiger partial charge in [0.2, 0.25) is 0 Å². The van der Waals surface area contributed by atoms with E-state index in [9.17, 15) is 13.6 Å². The van der Waals surface area contributed by atoms with E-state index in [-0.39, 0.29) is 23.4 Å². The summed E-state index contributed by atoms with van der Waals surface area (Å²) < 4.78 is 40.7. The summed E-state index contributed by atoms with van der Waals surface area (Å²) >= 11 is 0. The number of carbonyl (C=O) groups excluding carboxylic acids is 1. The van der Waals surface area contributed by atoms with Crippen molar-refractivity contribution in [1.29, 1.82) is 0 Å². The van der Waals surface area contributed by atoms with Crippen molar-refractivity contribution >= 4 is 5.97 Å². The first-order valence-corrected chi connectivity index (χ1v) is 16.5. The van der Waals surface area contributed by atoms with E-state index >= 15 is 0 Å². The molecule has 2 aromatic rings. The van der Waals surface area contributed by atoms with Crippen LogP contribution >= 0.6 is 0 Å². The highest BCUT2D eigenvalue weighted by molar-refractivity contribution is 5.75. The average Bonchev–Trinajstić information content (AvgIpc) is 2.98. The molecule has 0 spiro atoms. The van der Waals surface area contributed by atoms with Gasteiger partial charge in [0.15, 0.2) is 23.1 Å². The zero-order chi connectivity index (χ0) is 29.3. The van der Waals surface area contributed by atoms with Crippen LogP contribution in [0.4, 0.5) is 8.78 Å². The van der Waals surface area contributed by atoms with Crippen molar-refractivity contribution < 1.29 is 23.0 Å². The molecule has 1 saturated carbocycles. The zero-order valence-corrected chi connectivity index (χ0v) is 25.5. The second-order valence-corrected chi connectivity index (χ2v) is 12.0. The average molecular weight is 571 g/mol. The number of hydrogen-bond acceptors (Lipinski definition) is 3. The van der Waals surface area contributed by atoms with Crippen molar-refractivity contribution in [2.24, 2.45) is 11.8 Å². The largest absolute Gasteiger partial charge is 0.491 e. The summed E-state index contributed by atoms with van der Waals surface area (Å²) in [4.78, 5) is 12.7. The smallest absolute Gasteiger partial charge is 0.314 e. The summed E-state index contributed by atoms with van der Waals surface area (Å²) in [5, 5.41) is 0. The molecule has 0 radical (unpaired) electrons. The van der Waals surface area contributed by atoms with Crippen LogP contribution in [0, 0.1) is 23.5 Å². The second kappa shape index (κ2) is 18.9. The minimum Gasteiger partial charge on any atom is -0.491 e. The molecule has 0 unspecified atom stereocenters. The number of rotatable bonds is 19. The second-order valence-electron chi connectivity index (χ2n) is 12.0.